The molecule has 6 amide bonds. The number of aromatic nitrogens is 22. The minimum absolute atomic E-state index is 0.0744. The Kier molecular flexibility index (Phi) is 29.0. The molecule has 36 nitrogen and oxygen atoms in total. The van der Waals surface area contributed by atoms with E-state index >= 15 is 0 Å². The third kappa shape index (κ3) is 22.9. The van der Waals surface area contributed by atoms with Crippen LogP contribution in [0.4, 0.5) is 11.6 Å². The van der Waals surface area contributed by atoms with E-state index < -0.39 is 0 Å². The van der Waals surface area contributed by atoms with Crippen LogP contribution in [0.2, 0.25) is 0 Å². The highest BCUT2D eigenvalue weighted by Gasteiger charge is 2.42. The minimum Gasteiger partial charge on any atom is -0.356 e. The summed E-state index contributed by atoms with van der Waals surface area (Å²) < 4.78 is 10.4. The lowest BCUT2D eigenvalue weighted by molar-refractivity contribution is 0.0895. The van der Waals surface area contributed by atoms with Crippen molar-refractivity contribution < 1.29 is 28.8 Å². The molecule has 146 heavy (non-hydrogen) atoms. The van der Waals surface area contributed by atoms with Crippen molar-refractivity contribution in [1.82, 2.24) is 139 Å². The Morgan fingerprint density at radius 3 is 1.08 bits per heavy atom. The van der Waals surface area contributed by atoms with Crippen LogP contribution in [-0.2, 0) is 0 Å². The Hall–Kier alpha value is -15.3. The van der Waals surface area contributed by atoms with E-state index in [1.807, 2.05) is 131 Å². The van der Waals surface area contributed by atoms with E-state index in [-0.39, 0.29) is 70.7 Å². The summed E-state index contributed by atoms with van der Waals surface area (Å²) in [5, 5.41) is 44.9. The van der Waals surface area contributed by atoms with Gasteiger partial charge in [0.25, 0.3) is 35.4 Å². The monoisotopic (exact) mass is 1970 g/mol. The van der Waals surface area contributed by atoms with Gasteiger partial charge in [-0.1, -0.05) is 12.1 Å². The van der Waals surface area contributed by atoms with Gasteiger partial charge in [0.15, 0.2) is 33.9 Å². The average molecular weight is 1970 g/mol. The molecule has 2 saturated heterocycles. The molecule has 6 N–H and O–H groups in total. The molecule has 0 spiro atoms. The number of rotatable bonds is 24. The van der Waals surface area contributed by atoms with Crippen molar-refractivity contribution in [3.05, 3.63) is 239 Å². The summed E-state index contributed by atoms with van der Waals surface area (Å²) in [5.41, 5.74) is 18.5. The molecule has 2 unspecified atom stereocenters. The summed E-state index contributed by atoms with van der Waals surface area (Å²) >= 11 is 0. The van der Waals surface area contributed by atoms with E-state index in [0.717, 1.165) is 117 Å². The van der Waals surface area contributed by atoms with Gasteiger partial charge < -0.3 is 41.7 Å². The number of anilines is 2. The number of amides is 6. The van der Waals surface area contributed by atoms with E-state index in [2.05, 4.69) is 185 Å². The molecule has 36 heteroatoms. The smallest absolute Gasteiger partial charge is 0.257 e. The van der Waals surface area contributed by atoms with E-state index in [1.165, 1.54) is 116 Å². The fraction of sp³-hybridized carbons (Fsp3) is 0.436. The maximum atomic E-state index is 12.8. The first-order valence-electron chi connectivity index (χ1n) is 51.6. The van der Waals surface area contributed by atoms with Crippen LogP contribution < -0.4 is 41.7 Å². The number of hydrogen-bond acceptors (Lipinski definition) is 24. The molecule has 4 atom stereocenters. The van der Waals surface area contributed by atoms with Crippen molar-refractivity contribution in [3.8, 4) is 45.3 Å². The predicted molar refractivity (Wildman–Crippen MR) is 559 cm³/mol. The van der Waals surface area contributed by atoms with Crippen molar-refractivity contribution in [1.29, 1.82) is 0 Å². The van der Waals surface area contributed by atoms with Crippen LogP contribution in [0.15, 0.2) is 171 Å². The largest absolute Gasteiger partial charge is 0.356 e. The summed E-state index contributed by atoms with van der Waals surface area (Å²) in [6.45, 7) is 32.5. The van der Waals surface area contributed by atoms with Crippen molar-refractivity contribution in [2.24, 2.45) is 35.5 Å². The van der Waals surface area contributed by atoms with Crippen LogP contribution in [0.25, 0.3) is 79.2 Å². The topological polar surface area (TPSA) is 414 Å². The summed E-state index contributed by atoms with van der Waals surface area (Å²) in [5.74, 6) is 4.99. The molecule has 0 radical (unpaired) electrons. The van der Waals surface area contributed by atoms with Gasteiger partial charge in [0.2, 0.25) is 0 Å². The highest BCUT2D eigenvalue weighted by atomic mass is 16.2. The first-order chi connectivity index (χ1) is 70.4. The number of carbonyl (C=O) groups excluding carboxylic acids is 6. The maximum absolute atomic E-state index is 12.8. The van der Waals surface area contributed by atoms with E-state index in [4.69, 9.17) is 4.98 Å². The Balaban J connectivity index is 0.000000111. The van der Waals surface area contributed by atoms with Crippen molar-refractivity contribution >= 4 is 81.0 Å². The number of nitrogens with one attached hydrogen (secondary N) is 6. The maximum Gasteiger partial charge on any atom is 0.257 e. The molecule has 0 bridgehead atoms. The Labute approximate surface area is 847 Å². The quantitative estimate of drug-likeness (QED) is 0.0327. The lowest BCUT2D eigenvalue weighted by atomic mass is 9.98. The SMILES string of the molecule is Cc1cc(-c2ccccn2)n2ncc(C(=O)N[C@@H](C)C3CC3)c2n1.Cc1cc(-c2ccccn2)nc2c(C(=O)NC(C)C3CC3)cnn12.Cc1cc(-c2cccnc2)n2ncc(C(=O)N[C@@H](C)C3CC3)c2n1.Cc1cc(-c2cccnc2)nc2c(C(=O)NC(C)C3CC3)cnn12.Cc1cc(N2CCCCC2)n2ncc(C(=O)NC(C)(C)C3CC3)c2n1.Cc1cc(N2CCCCC2)nc2c(C(=O)NC(C)(C)C3CC3)cnn12. The van der Waals surface area contributed by atoms with Gasteiger partial charge in [-0.25, -0.2) is 52.5 Å². The molecule has 0 aromatic carbocycles. The van der Waals surface area contributed by atoms with Gasteiger partial charge >= 0.3 is 0 Å². The average Bonchev–Trinajstić information content (AvgIpc) is 1.67. The first-order valence-corrected chi connectivity index (χ1v) is 51.6. The van der Waals surface area contributed by atoms with Crippen LogP contribution in [0, 0.1) is 77.0 Å². The molecule has 16 aromatic rings. The number of fused-ring (bicyclic) bond motifs is 6. The highest BCUT2D eigenvalue weighted by molar-refractivity contribution is 6.04. The molecule has 8 fully saturated rings. The summed E-state index contributed by atoms with van der Waals surface area (Å²) in [6.07, 6.45) is 41.8. The molecule has 6 saturated carbocycles. The van der Waals surface area contributed by atoms with Gasteiger partial charge in [0.05, 0.1) is 71.3 Å². The zero-order valence-electron chi connectivity index (χ0n) is 85.7. The van der Waals surface area contributed by atoms with Crippen LogP contribution >= 0.6 is 0 Å². The fourth-order valence-corrected chi connectivity index (χ4v) is 19.4. The van der Waals surface area contributed by atoms with Gasteiger partial charge in [-0.15, -0.1) is 0 Å². The lowest BCUT2D eigenvalue weighted by Crippen LogP contribution is -2.45. The molecular formula is C110H130N30O6. The molecule has 2 aliphatic heterocycles. The second-order valence-electron chi connectivity index (χ2n) is 41.7. The van der Waals surface area contributed by atoms with Crippen molar-refractivity contribution in [2.45, 2.75) is 248 Å². The number of carbonyl (C=O) groups is 6. The molecule has 24 rings (SSSR count). The summed E-state index contributed by atoms with van der Waals surface area (Å²) in [4.78, 5) is 126. The third-order valence-electron chi connectivity index (χ3n) is 29.1. The standard InChI is InChI=1S/2C19H27N5O.4C18H19N5O/c1-13-11-16(23-9-5-4-6-10-23)21-17-15(12-20-24(13)17)18(25)22-19(2,3)14-7-8-14;1-13-11-16(23-9-5-4-6-10-23)24-17(21-13)15(12-20-24)18(25)22-19(2,3)14-7-8-14;1-11-8-16(14-4-3-7-19-9-14)22-17-15(10-20-23(11)17)18(24)21-12(2)13-5-6-13;1-11-8-16(14-4-3-7-19-9-14)23-17(21-11)15(10-20-23)18(24)22-12(2)13-5-6-13;1-11-9-16(15-5-3-4-8-19-15)22-17-14(10-20-23(11)17)18(24)21-12(2)13-6-7-13;1-11-9-16(15-5-3-4-8-19-15)23-17(21-11)14(10-20-23)18(24)22-12(2)13-6-7-13/h2*11-12,14H,4-10H2,1-3H3,(H,22,25);3-4,7-10,12-13H,5-6H2,1-2H3,(H,21,24);3-4,7-10,12-13H,5-6H2,1-2H3,(H,22,24);3-5,8-10,12-13H,6-7H2,1-2H3,(H,21,24);3-5,8-10,12-13H,6-7H2,1-2H3,(H,22,24)/t;;;12-;;12-/m...0.0/s1. The lowest BCUT2D eigenvalue weighted by Gasteiger charge is -2.29. The van der Waals surface area contributed by atoms with Crippen LogP contribution in [-0.4, -0.2) is 204 Å². The van der Waals surface area contributed by atoms with E-state index in [0.29, 0.717) is 103 Å². The van der Waals surface area contributed by atoms with Crippen LogP contribution in [0.1, 0.15) is 267 Å². The third-order valence-corrected chi connectivity index (χ3v) is 29.1. The van der Waals surface area contributed by atoms with Crippen molar-refractivity contribution in [2.75, 3.05) is 36.0 Å². The fourth-order valence-electron chi connectivity index (χ4n) is 19.4. The Morgan fingerprint density at radius 1 is 0.315 bits per heavy atom. The van der Waals surface area contributed by atoms with Gasteiger partial charge in [0.1, 0.15) is 45.0 Å². The zero-order valence-corrected chi connectivity index (χ0v) is 85.7. The van der Waals surface area contributed by atoms with Crippen molar-refractivity contribution in [3.63, 3.8) is 0 Å². The van der Waals surface area contributed by atoms with E-state index in [9.17, 15) is 28.8 Å². The molecule has 756 valence electrons. The van der Waals surface area contributed by atoms with Gasteiger partial charge in [-0.05, 0) is 321 Å². The Morgan fingerprint density at radius 2 is 0.664 bits per heavy atom. The number of aryl methyl sites for hydroxylation is 6. The Bertz CT molecular complexity index is 7050. The second-order valence-corrected chi connectivity index (χ2v) is 41.7. The molecule has 16 aromatic heterocycles. The predicted octanol–water partition coefficient (Wildman–Crippen LogP) is 16.4. The number of pyridine rings is 4. The number of piperidine rings is 2. The summed E-state index contributed by atoms with van der Waals surface area (Å²) in [6, 6.07) is 31.7. The number of nitrogens with zero attached hydrogens (tertiary/aromatic N) is 24. The van der Waals surface area contributed by atoms with Gasteiger partial charge in [-0.2, -0.15) is 35.1 Å². The first kappa shape index (κ1) is 99.5. The highest BCUT2D eigenvalue weighted by Crippen LogP contribution is 2.42. The summed E-state index contributed by atoms with van der Waals surface area (Å²) in [7, 11) is 0. The molecule has 8 aliphatic rings. The molecular weight excluding hydrogens is 1840 g/mol. The number of hydrogen-bond donors (Lipinski definition) is 6. The van der Waals surface area contributed by atoms with Gasteiger partial charge in [0, 0.05) is 156 Å². The van der Waals surface area contributed by atoms with E-state index in [1.54, 1.807) is 96.9 Å². The zero-order chi connectivity index (χ0) is 102. The van der Waals surface area contributed by atoms with Crippen LogP contribution in [0.5, 0.6) is 0 Å². The van der Waals surface area contributed by atoms with Crippen LogP contribution in [0.3, 0.4) is 0 Å². The minimum atomic E-state index is -0.176. The normalized spacial score (nSPS) is 16.5. The molecule has 6 aliphatic carbocycles. The second kappa shape index (κ2) is 42.6. The van der Waals surface area contributed by atoms with Gasteiger partial charge in [-0.3, -0.25) is 48.7 Å². The molecule has 18 heterocycles.